The first-order chi connectivity index (χ1) is 8.20. The molecule has 1 aromatic heterocycles. The maximum absolute atomic E-state index is 11.4. The fourth-order valence-corrected chi connectivity index (χ4v) is 1.43. The zero-order valence-electron chi connectivity index (χ0n) is 9.77. The molecule has 4 heteroatoms. The molecule has 0 saturated carbocycles. The van der Waals surface area contributed by atoms with Crippen molar-refractivity contribution in [3.05, 3.63) is 41.6 Å². The highest BCUT2D eigenvalue weighted by Crippen LogP contribution is 2.20. The number of hydrogen-bond acceptors (Lipinski definition) is 4. The quantitative estimate of drug-likeness (QED) is 0.762. The summed E-state index contributed by atoms with van der Waals surface area (Å²) in [6.07, 6.45) is 0. The van der Waals surface area contributed by atoms with E-state index in [0.29, 0.717) is 12.4 Å². The van der Waals surface area contributed by atoms with E-state index in [1.807, 2.05) is 31.2 Å². The average Bonchev–Trinajstić information content (AvgIpc) is 2.80. The largest absolute Gasteiger partial charge is 0.461 e. The third kappa shape index (κ3) is 2.53. The summed E-state index contributed by atoms with van der Waals surface area (Å²) < 4.78 is 9.94. The second-order valence-electron chi connectivity index (χ2n) is 3.66. The Morgan fingerprint density at radius 3 is 2.71 bits per heavy atom. The Hall–Kier alpha value is -2.10. The zero-order valence-corrected chi connectivity index (χ0v) is 9.77. The van der Waals surface area contributed by atoms with Crippen LogP contribution in [0.3, 0.4) is 0 Å². The van der Waals surface area contributed by atoms with Gasteiger partial charge >= 0.3 is 5.97 Å². The van der Waals surface area contributed by atoms with E-state index >= 15 is 0 Å². The van der Waals surface area contributed by atoms with E-state index in [1.165, 1.54) is 5.56 Å². The molecule has 1 heterocycles. The average molecular weight is 231 g/mol. The third-order valence-electron chi connectivity index (χ3n) is 2.33. The summed E-state index contributed by atoms with van der Waals surface area (Å²) in [6, 6.07) is 9.38. The second kappa shape index (κ2) is 4.82. The fraction of sp³-hybridized carbons (Fsp3) is 0.231. The van der Waals surface area contributed by atoms with Crippen molar-refractivity contribution in [3.63, 3.8) is 0 Å². The van der Waals surface area contributed by atoms with Gasteiger partial charge in [0.2, 0.25) is 0 Å². The molecule has 0 aliphatic heterocycles. The Morgan fingerprint density at radius 1 is 1.35 bits per heavy atom. The smallest absolute Gasteiger partial charge is 0.360 e. The van der Waals surface area contributed by atoms with Crippen molar-refractivity contribution in [2.45, 2.75) is 13.8 Å². The van der Waals surface area contributed by atoms with Gasteiger partial charge in [-0.05, 0) is 13.8 Å². The molecule has 0 atom stereocenters. The van der Waals surface area contributed by atoms with Crippen LogP contribution >= 0.6 is 0 Å². The predicted octanol–water partition coefficient (Wildman–Crippen LogP) is 2.83. The van der Waals surface area contributed by atoms with Crippen LogP contribution in [0.4, 0.5) is 0 Å². The van der Waals surface area contributed by atoms with Gasteiger partial charge in [0.25, 0.3) is 0 Å². The van der Waals surface area contributed by atoms with E-state index in [-0.39, 0.29) is 5.69 Å². The molecular weight excluding hydrogens is 218 g/mol. The summed E-state index contributed by atoms with van der Waals surface area (Å²) in [5.74, 6) is 0.0997. The second-order valence-corrected chi connectivity index (χ2v) is 3.66. The monoisotopic (exact) mass is 231 g/mol. The van der Waals surface area contributed by atoms with Crippen LogP contribution in [0.1, 0.15) is 23.0 Å². The van der Waals surface area contributed by atoms with Crippen molar-refractivity contribution < 1.29 is 14.1 Å². The zero-order chi connectivity index (χ0) is 12.3. The minimum absolute atomic E-state index is 0.197. The lowest BCUT2D eigenvalue weighted by Crippen LogP contribution is -2.04. The minimum atomic E-state index is -0.463. The number of rotatable bonds is 3. The van der Waals surface area contributed by atoms with Gasteiger partial charge in [-0.2, -0.15) is 0 Å². The van der Waals surface area contributed by atoms with Gasteiger partial charge in [0.1, 0.15) is 0 Å². The molecule has 0 unspecified atom stereocenters. The first-order valence-electron chi connectivity index (χ1n) is 5.41. The van der Waals surface area contributed by atoms with Crippen molar-refractivity contribution in [2.24, 2.45) is 0 Å². The number of nitrogens with zero attached hydrogens (tertiary/aromatic N) is 1. The van der Waals surface area contributed by atoms with E-state index < -0.39 is 5.97 Å². The third-order valence-corrected chi connectivity index (χ3v) is 2.33. The molecule has 17 heavy (non-hydrogen) atoms. The molecule has 0 aliphatic rings. The molecule has 1 aromatic carbocycles. The summed E-state index contributed by atoms with van der Waals surface area (Å²) in [7, 11) is 0. The number of hydrogen-bond donors (Lipinski definition) is 0. The molecule has 88 valence electrons. The summed E-state index contributed by atoms with van der Waals surface area (Å²) in [6.45, 7) is 4.08. The van der Waals surface area contributed by atoms with E-state index in [0.717, 1.165) is 5.56 Å². The van der Waals surface area contributed by atoms with Gasteiger partial charge in [0, 0.05) is 11.6 Å². The highest BCUT2D eigenvalue weighted by atomic mass is 16.5. The molecule has 0 amide bonds. The molecule has 0 bridgehead atoms. The molecule has 0 radical (unpaired) electrons. The number of esters is 1. The molecule has 0 aliphatic carbocycles. The topological polar surface area (TPSA) is 52.3 Å². The molecule has 4 nitrogen and oxygen atoms in total. The first kappa shape index (κ1) is 11.4. The maximum atomic E-state index is 11.4. The van der Waals surface area contributed by atoms with E-state index in [2.05, 4.69) is 5.16 Å². The lowest BCUT2D eigenvalue weighted by molar-refractivity contribution is 0.0514. The van der Waals surface area contributed by atoms with E-state index in [4.69, 9.17) is 9.26 Å². The highest BCUT2D eigenvalue weighted by Gasteiger charge is 2.14. The fourth-order valence-electron chi connectivity index (χ4n) is 1.43. The molecule has 0 fully saturated rings. The first-order valence-corrected chi connectivity index (χ1v) is 5.41. The van der Waals surface area contributed by atoms with Crippen LogP contribution in [0.15, 0.2) is 34.9 Å². The number of carbonyl (C=O) groups excluding carboxylic acids is 1. The lowest BCUT2D eigenvalue weighted by atomic mass is 10.1. The Kier molecular flexibility index (Phi) is 3.23. The van der Waals surface area contributed by atoms with Crippen LogP contribution < -0.4 is 0 Å². The standard InChI is InChI=1S/C13H13NO3/c1-3-16-13(15)11-8-12(17-14-11)10-6-4-9(2)5-7-10/h4-8H,3H2,1-2H3. The van der Waals surface area contributed by atoms with Crippen molar-refractivity contribution in [3.8, 4) is 11.3 Å². The van der Waals surface area contributed by atoms with Gasteiger partial charge in [-0.25, -0.2) is 4.79 Å². The van der Waals surface area contributed by atoms with Crippen molar-refractivity contribution in [1.29, 1.82) is 0 Å². The number of benzene rings is 1. The number of aryl methyl sites for hydroxylation is 1. The van der Waals surface area contributed by atoms with Crippen molar-refractivity contribution in [1.82, 2.24) is 5.16 Å². The van der Waals surface area contributed by atoms with Crippen LogP contribution in [-0.2, 0) is 4.74 Å². The van der Waals surface area contributed by atoms with Crippen LogP contribution in [0.25, 0.3) is 11.3 Å². The summed E-state index contributed by atoms with van der Waals surface area (Å²) >= 11 is 0. The minimum Gasteiger partial charge on any atom is -0.461 e. The summed E-state index contributed by atoms with van der Waals surface area (Å²) in [4.78, 5) is 11.4. The SMILES string of the molecule is CCOC(=O)c1cc(-c2ccc(C)cc2)on1. The van der Waals surface area contributed by atoms with Crippen LogP contribution in [0.2, 0.25) is 0 Å². The van der Waals surface area contributed by atoms with Gasteiger partial charge in [-0.3, -0.25) is 0 Å². The Morgan fingerprint density at radius 2 is 2.06 bits per heavy atom. The van der Waals surface area contributed by atoms with Crippen molar-refractivity contribution in [2.75, 3.05) is 6.61 Å². The van der Waals surface area contributed by atoms with Gasteiger partial charge in [-0.15, -0.1) is 0 Å². The van der Waals surface area contributed by atoms with Crippen LogP contribution in [0, 0.1) is 6.92 Å². The Labute approximate surface area is 99.2 Å². The summed E-state index contributed by atoms with van der Waals surface area (Å²) in [5, 5.41) is 3.68. The number of aromatic nitrogens is 1. The Balaban J connectivity index is 2.23. The van der Waals surface area contributed by atoms with Gasteiger partial charge in [-0.1, -0.05) is 35.0 Å². The number of carbonyl (C=O) groups is 1. The molecule has 0 saturated heterocycles. The van der Waals surface area contributed by atoms with Crippen LogP contribution in [-0.4, -0.2) is 17.7 Å². The van der Waals surface area contributed by atoms with Crippen LogP contribution in [0.5, 0.6) is 0 Å². The van der Waals surface area contributed by atoms with Gasteiger partial charge in [0.15, 0.2) is 11.5 Å². The summed E-state index contributed by atoms with van der Waals surface area (Å²) in [5.41, 5.74) is 2.25. The molecule has 0 N–H and O–H groups in total. The molecule has 2 aromatic rings. The maximum Gasteiger partial charge on any atom is 0.360 e. The van der Waals surface area contributed by atoms with Crippen molar-refractivity contribution >= 4 is 5.97 Å². The lowest BCUT2D eigenvalue weighted by Gasteiger charge is -1.95. The van der Waals surface area contributed by atoms with Gasteiger partial charge < -0.3 is 9.26 Å². The number of ether oxygens (including phenoxy) is 1. The van der Waals surface area contributed by atoms with E-state index in [1.54, 1.807) is 13.0 Å². The highest BCUT2D eigenvalue weighted by molar-refractivity contribution is 5.88. The molecule has 0 spiro atoms. The molecular formula is C13H13NO3. The van der Waals surface area contributed by atoms with E-state index in [9.17, 15) is 4.79 Å². The van der Waals surface area contributed by atoms with Gasteiger partial charge in [0.05, 0.1) is 6.61 Å². The predicted molar refractivity (Wildman–Crippen MR) is 62.6 cm³/mol. The normalized spacial score (nSPS) is 10.2. The Bertz CT molecular complexity index is 514. The molecule has 2 rings (SSSR count).